The van der Waals surface area contributed by atoms with Crippen molar-refractivity contribution in [2.75, 3.05) is 25.0 Å². The Hall–Kier alpha value is -3.19. The monoisotopic (exact) mass is 521 g/mol. The second-order valence-corrected chi connectivity index (χ2v) is 11.3. The number of ether oxygens (including phenoxy) is 1. The normalized spacial score (nSPS) is 15.3. The molecule has 7 nitrogen and oxygen atoms in total. The molecule has 2 aromatic carbocycles. The molecule has 0 fully saturated rings. The highest BCUT2D eigenvalue weighted by Gasteiger charge is 2.40. The zero-order valence-corrected chi connectivity index (χ0v) is 24.4. The molecular formula is C31H43N3O4. The molecule has 2 aromatic rings. The molecule has 0 radical (unpaired) electrons. The first-order valence-electron chi connectivity index (χ1n) is 13.5. The van der Waals surface area contributed by atoms with E-state index in [0.29, 0.717) is 24.4 Å². The second kappa shape index (κ2) is 11.7. The van der Waals surface area contributed by atoms with Crippen LogP contribution in [0.25, 0.3) is 0 Å². The number of esters is 1. The molecule has 0 spiro atoms. The predicted molar refractivity (Wildman–Crippen MR) is 151 cm³/mol. The lowest BCUT2D eigenvalue weighted by molar-refractivity contribution is -0.146. The van der Waals surface area contributed by atoms with E-state index < -0.39 is 11.5 Å². The number of amides is 2. The molecule has 3 rings (SSSR count). The Morgan fingerprint density at radius 2 is 1.71 bits per heavy atom. The minimum atomic E-state index is -0.740. The summed E-state index contributed by atoms with van der Waals surface area (Å²) < 4.78 is 5.42. The van der Waals surface area contributed by atoms with Gasteiger partial charge in [-0.25, -0.2) is 0 Å². The number of carbonyl (C=O) groups excluding carboxylic acids is 3. The van der Waals surface area contributed by atoms with Crippen LogP contribution in [0.15, 0.2) is 24.3 Å². The van der Waals surface area contributed by atoms with Crippen molar-refractivity contribution in [3.8, 4) is 5.75 Å². The standard InChI is InChI=1S/C31H43N3O4/c1-10-33(11-2)18-23-12-13-24-14-15-34(30(37)31(7,8)9)27(25(24)17-23)29(36)32-26-16-19(3)28(38-22(6)35)21(5)20(26)4/h12-13,16-17,27H,10-11,14-15,18H2,1-9H3,(H,32,36). The first-order valence-corrected chi connectivity index (χ1v) is 13.5. The van der Waals surface area contributed by atoms with Crippen molar-refractivity contribution >= 4 is 23.5 Å². The molecule has 0 aliphatic carbocycles. The molecule has 1 aliphatic heterocycles. The molecule has 38 heavy (non-hydrogen) atoms. The fourth-order valence-electron chi connectivity index (χ4n) is 5.09. The number of nitrogens with zero attached hydrogens (tertiary/aromatic N) is 2. The van der Waals surface area contributed by atoms with Gasteiger partial charge >= 0.3 is 5.97 Å². The third kappa shape index (κ3) is 6.26. The van der Waals surface area contributed by atoms with Crippen LogP contribution >= 0.6 is 0 Å². The summed E-state index contributed by atoms with van der Waals surface area (Å²) >= 11 is 0. The van der Waals surface area contributed by atoms with Crippen molar-refractivity contribution in [2.45, 2.75) is 81.3 Å². The second-order valence-electron chi connectivity index (χ2n) is 11.3. The van der Waals surface area contributed by atoms with Gasteiger partial charge in [0.05, 0.1) is 0 Å². The highest BCUT2D eigenvalue weighted by atomic mass is 16.5. The van der Waals surface area contributed by atoms with Gasteiger partial charge in [-0.1, -0.05) is 52.8 Å². The number of carbonyl (C=O) groups is 3. The average molecular weight is 522 g/mol. The quantitative estimate of drug-likeness (QED) is 0.385. The minimum Gasteiger partial charge on any atom is -0.426 e. The van der Waals surface area contributed by atoms with Gasteiger partial charge in [-0.3, -0.25) is 19.3 Å². The molecule has 1 heterocycles. The van der Waals surface area contributed by atoms with E-state index in [9.17, 15) is 14.4 Å². The molecule has 0 aromatic heterocycles. The summed E-state index contributed by atoms with van der Waals surface area (Å²) in [4.78, 5) is 43.3. The lowest BCUT2D eigenvalue weighted by Crippen LogP contribution is -2.49. The summed E-state index contributed by atoms with van der Waals surface area (Å²) in [6, 6.07) is 7.44. The number of anilines is 1. The van der Waals surface area contributed by atoms with E-state index in [0.717, 1.165) is 53.0 Å². The van der Waals surface area contributed by atoms with Crippen LogP contribution in [-0.2, 0) is 27.3 Å². The number of benzene rings is 2. The van der Waals surface area contributed by atoms with Crippen molar-refractivity contribution in [1.29, 1.82) is 0 Å². The molecule has 0 bridgehead atoms. The molecule has 1 N–H and O–H groups in total. The number of aryl methyl sites for hydroxylation is 1. The maximum atomic E-state index is 14.1. The summed E-state index contributed by atoms with van der Waals surface area (Å²) in [5, 5.41) is 3.12. The molecule has 0 saturated heterocycles. The topological polar surface area (TPSA) is 79.0 Å². The van der Waals surface area contributed by atoms with Crippen LogP contribution in [0.3, 0.4) is 0 Å². The Morgan fingerprint density at radius 3 is 2.29 bits per heavy atom. The minimum absolute atomic E-state index is 0.0493. The van der Waals surface area contributed by atoms with Gasteiger partial charge in [0.15, 0.2) is 0 Å². The summed E-state index contributed by atoms with van der Waals surface area (Å²) in [7, 11) is 0. The number of hydrogen-bond acceptors (Lipinski definition) is 5. The van der Waals surface area contributed by atoms with Crippen LogP contribution in [0, 0.1) is 26.2 Å². The Balaban J connectivity index is 2.06. The fraction of sp³-hybridized carbons (Fsp3) is 0.516. The van der Waals surface area contributed by atoms with E-state index in [1.807, 2.05) is 47.6 Å². The number of rotatable bonds is 7. The number of fused-ring (bicyclic) bond motifs is 1. The molecule has 0 saturated carbocycles. The van der Waals surface area contributed by atoms with E-state index in [1.54, 1.807) is 4.90 Å². The Labute approximate surface area is 227 Å². The Morgan fingerprint density at radius 1 is 1.05 bits per heavy atom. The van der Waals surface area contributed by atoms with Gasteiger partial charge in [0.2, 0.25) is 5.91 Å². The van der Waals surface area contributed by atoms with Crippen molar-refractivity contribution < 1.29 is 19.1 Å². The largest absolute Gasteiger partial charge is 0.426 e. The van der Waals surface area contributed by atoms with E-state index in [2.05, 4.69) is 42.3 Å². The van der Waals surface area contributed by atoms with Crippen molar-refractivity contribution in [2.24, 2.45) is 5.41 Å². The zero-order chi connectivity index (χ0) is 28.4. The third-order valence-corrected chi connectivity index (χ3v) is 7.42. The van der Waals surface area contributed by atoms with Crippen LogP contribution in [-0.4, -0.2) is 47.2 Å². The highest BCUT2D eigenvalue weighted by molar-refractivity contribution is 6.00. The van der Waals surface area contributed by atoms with Gasteiger partial charge in [-0.15, -0.1) is 0 Å². The van der Waals surface area contributed by atoms with E-state index >= 15 is 0 Å². The number of hydrogen-bond donors (Lipinski definition) is 1. The Bertz CT molecular complexity index is 1220. The summed E-state index contributed by atoms with van der Waals surface area (Å²) in [6.45, 7) is 20.1. The van der Waals surface area contributed by atoms with Crippen molar-refractivity contribution in [1.82, 2.24) is 9.80 Å². The molecule has 1 unspecified atom stereocenters. The maximum absolute atomic E-state index is 14.1. The molecule has 1 aliphatic rings. The average Bonchev–Trinajstić information content (AvgIpc) is 2.86. The van der Waals surface area contributed by atoms with Crippen LogP contribution < -0.4 is 10.1 Å². The smallest absolute Gasteiger partial charge is 0.308 e. The first-order chi connectivity index (χ1) is 17.8. The van der Waals surface area contributed by atoms with E-state index in [4.69, 9.17) is 4.74 Å². The SMILES string of the molecule is CCN(CC)Cc1ccc2c(c1)C(C(=O)Nc1cc(C)c(OC(C)=O)c(C)c1C)N(C(=O)C(C)(C)C)CC2. The molecule has 206 valence electrons. The summed E-state index contributed by atoms with van der Waals surface area (Å²) in [5.74, 6) is -0.165. The van der Waals surface area contributed by atoms with E-state index in [-0.39, 0.29) is 17.8 Å². The van der Waals surface area contributed by atoms with Gasteiger partial charge in [-0.05, 0) is 79.7 Å². The van der Waals surface area contributed by atoms with Crippen LogP contribution in [0.2, 0.25) is 0 Å². The third-order valence-electron chi connectivity index (χ3n) is 7.42. The number of nitrogens with one attached hydrogen (secondary N) is 1. The Kier molecular flexibility index (Phi) is 9.03. The van der Waals surface area contributed by atoms with Crippen LogP contribution in [0.1, 0.15) is 81.0 Å². The maximum Gasteiger partial charge on any atom is 0.308 e. The highest BCUT2D eigenvalue weighted by Crippen LogP contribution is 2.37. The summed E-state index contributed by atoms with van der Waals surface area (Å²) in [5.41, 5.74) is 5.51. The van der Waals surface area contributed by atoms with Crippen LogP contribution in [0.4, 0.5) is 5.69 Å². The molecule has 1 atom stereocenters. The first kappa shape index (κ1) is 29.4. The van der Waals surface area contributed by atoms with Crippen molar-refractivity contribution in [3.05, 3.63) is 57.6 Å². The fourth-order valence-corrected chi connectivity index (χ4v) is 5.09. The molecule has 7 heteroatoms. The molecule has 2 amide bonds. The van der Waals surface area contributed by atoms with Gasteiger partial charge in [0, 0.05) is 31.1 Å². The molecular weight excluding hydrogens is 478 g/mol. The summed E-state index contributed by atoms with van der Waals surface area (Å²) in [6.07, 6.45) is 0.709. The van der Waals surface area contributed by atoms with Crippen molar-refractivity contribution in [3.63, 3.8) is 0 Å². The lowest BCUT2D eigenvalue weighted by atomic mass is 9.86. The zero-order valence-electron chi connectivity index (χ0n) is 24.4. The van der Waals surface area contributed by atoms with Gasteiger partial charge in [0.25, 0.3) is 5.91 Å². The van der Waals surface area contributed by atoms with Gasteiger partial charge in [0.1, 0.15) is 11.8 Å². The lowest BCUT2D eigenvalue weighted by Gasteiger charge is -2.40. The van der Waals surface area contributed by atoms with Crippen LogP contribution in [0.5, 0.6) is 5.75 Å². The van der Waals surface area contributed by atoms with Gasteiger partial charge in [-0.2, -0.15) is 0 Å². The van der Waals surface area contributed by atoms with E-state index in [1.165, 1.54) is 6.92 Å². The predicted octanol–water partition coefficient (Wildman–Crippen LogP) is 5.49. The van der Waals surface area contributed by atoms with Gasteiger partial charge < -0.3 is 15.0 Å².